The number of para-hydroxylation sites is 3. The van der Waals surface area contributed by atoms with Crippen molar-refractivity contribution in [1.29, 1.82) is 0 Å². The lowest BCUT2D eigenvalue weighted by Gasteiger charge is -2.34. The second-order valence-corrected chi connectivity index (χ2v) is 30.1. The van der Waals surface area contributed by atoms with Gasteiger partial charge in [-0.15, -0.1) is 0 Å². The first-order valence-electron chi connectivity index (χ1n) is 41.0. The fourth-order valence-corrected chi connectivity index (χ4v) is 16.7. The molecule has 6 aromatic carbocycles. The van der Waals surface area contributed by atoms with Gasteiger partial charge in [0.15, 0.2) is 17.5 Å². The van der Waals surface area contributed by atoms with E-state index < -0.39 is 24.1 Å². The summed E-state index contributed by atoms with van der Waals surface area (Å²) in [5, 5.41) is 25.3. The highest BCUT2D eigenvalue weighted by atomic mass is 16.2. The van der Waals surface area contributed by atoms with Crippen LogP contribution in [0.4, 0.5) is 52.0 Å². The van der Waals surface area contributed by atoms with Gasteiger partial charge < -0.3 is 16.0 Å². The Labute approximate surface area is 666 Å². The van der Waals surface area contributed by atoms with Gasteiger partial charge in [0, 0.05) is 72.0 Å². The zero-order valence-electron chi connectivity index (χ0n) is 68.2. The molecule has 24 heteroatoms. The summed E-state index contributed by atoms with van der Waals surface area (Å²) in [5.41, 5.74) is 15.8. The van der Waals surface area contributed by atoms with E-state index in [1.807, 2.05) is 210 Å². The number of fused-ring (bicyclic) bond motifs is 15. The SMILES string of the molecule is [2H][C@@]12CCC[C@@H]1N1C(=N2)N(C)C(=O)c2c1nn(Cc1ccc(-c3cccc(C)n3)cc1)c2Nc1ccccc1.[2H][C@@]12CCC[C@]1([2H])N1C(=N2)N(C)C(=O)c2c1nn(Cc1ccc(-c3cccc(C)n3)cc1)c2Nc1ccccc1.[2H][C@]12CCC[C@H]1N=C1N(C)C(=O)c3c(nn(Cc4ccc(-c5cccc(C)n5)cc4)c3Nc3ccccc3)N12. The standard InChI is InChI=1S/3C30H29N7O/c3*1-19-8-6-11-23(31-19)21-16-14-20(15-17-21)18-36-27(32-22-9-4-3-5-10-22)26-28(34-36)37-25-13-7-12-24(25)33-30(37)35(2)29(26)38/h3*3-6,8-11,14-17,24-25,32H,7,12-13,18H2,1-2H3/t3*24-,25+/m111/s1/i24D,25D;25D;24D. The van der Waals surface area contributed by atoms with E-state index in [0.717, 1.165) is 117 Å². The summed E-state index contributed by atoms with van der Waals surface area (Å²) >= 11 is 0. The summed E-state index contributed by atoms with van der Waals surface area (Å²) < 4.78 is 42.2. The first kappa shape index (κ1) is 66.4. The Hall–Kier alpha value is -13.4. The van der Waals surface area contributed by atoms with Gasteiger partial charge in [0.05, 0.1) is 78.4 Å². The molecule has 12 aromatic rings. The van der Waals surface area contributed by atoms with Gasteiger partial charge in [-0.1, -0.05) is 146 Å². The number of nitrogens with one attached hydrogen (secondary N) is 3. The van der Waals surface area contributed by atoms with Crippen LogP contribution in [0, 0.1) is 20.8 Å². The molecular weight excluding hydrogens is 1420 g/mol. The molecule has 6 aliphatic heterocycles. The number of hydrogen-bond donors (Lipinski definition) is 3. The van der Waals surface area contributed by atoms with Crippen molar-refractivity contribution in [3.05, 3.63) is 269 Å². The van der Waals surface area contributed by atoms with Crippen molar-refractivity contribution in [2.45, 2.75) is 134 Å². The average Bonchev–Trinajstić information content (AvgIpc) is 1.51. The number of anilines is 9. The van der Waals surface area contributed by atoms with Crippen LogP contribution in [0.5, 0.6) is 0 Å². The minimum absolute atomic E-state index is 0.129. The molecule has 570 valence electrons. The largest absolute Gasteiger partial charge is 0.340 e. The van der Waals surface area contributed by atoms with Crippen LogP contribution < -0.4 is 30.7 Å². The number of carbonyl (C=O) groups excluding carboxylic acids is 3. The number of aliphatic imine (C=N–C) groups is 3. The maximum atomic E-state index is 13.8. The van der Waals surface area contributed by atoms with Crippen LogP contribution >= 0.6 is 0 Å². The Morgan fingerprint density at radius 3 is 1.11 bits per heavy atom. The van der Waals surface area contributed by atoms with Gasteiger partial charge in [-0.2, -0.15) is 15.3 Å². The molecule has 3 amide bonds. The Bertz CT molecular complexity index is 6060. The summed E-state index contributed by atoms with van der Waals surface area (Å²) in [6, 6.07) is 67.2. The number of benzene rings is 6. The van der Waals surface area contributed by atoms with E-state index in [1.165, 1.54) is 4.90 Å². The van der Waals surface area contributed by atoms with Gasteiger partial charge in [-0.3, -0.25) is 58.7 Å². The number of hydrogen-bond acceptors (Lipinski definition) is 18. The lowest BCUT2D eigenvalue weighted by Crippen LogP contribution is -2.51. The molecule has 0 unspecified atom stereocenters. The maximum absolute atomic E-state index is 13.8. The molecule has 0 saturated heterocycles. The monoisotopic (exact) mass is 1510 g/mol. The van der Waals surface area contributed by atoms with Crippen LogP contribution in [-0.2, 0) is 19.6 Å². The molecule has 3 N–H and O–H groups in total. The number of pyridine rings is 3. The molecule has 12 heterocycles. The van der Waals surface area contributed by atoms with Crippen molar-refractivity contribution < 1.29 is 19.9 Å². The van der Waals surface area contributed by atoms with Crippen molar-refractivity contribution in [2.75, 3.05) is 51.8 Å². The molecule has 6 aromatic heterocycles. The molecule has 3 fully saturated rings. The highest BCUT2D eigenvalue weighted by molar-refractivity contribution is 6.23. The molecular formula is C90H87N21O3. The first-order chi connectivity index (χ1) is 57.1. The van der Waals surface area contributed by atoms with Gasteiger partial charge in [-0.05, 0) is 168 Å². The quantitative estimate of drug-likeness (QED) is 0.0865. The number of aryl methyl sites for hydroxylation is 3. The summed E-state index contributed by atoms with van der Waals surface area (Å²) in [4.78, 5) is 79.6. The Morgan fingerprint density at radius 1 is 0.360 bits per heavy atom. The van der Waals surface area contributed by atoms with Gasteiger partial charge in [0.25, 0.3) is 17.7 Å². The number of guanidine groups is 3. The van der Waals surface area contributed by atoms with E-state index in [-0.39, 0.29) is 29.8 Å². The third kappa shape index (κ3) is 13.0. The third-order valence-corrected chi connectivity index (χ3v) is 22.4. The molecule has 0 spiro atoms. The Balaban J connectivity index is 0.000000118. The van der Waals surface area contributed by atoms with E-state index in [4.69, 9.17) is 28.0 Å². The van der Waals surface area contributed by atoms with Crippen molar-refractivity contribution in [3.8, 4) is 33.8 Å². The number of rotatable bonds is 15. The van der Waals surface area contributed by atoms with Crippen LogP contribution in [0.1, 0.15) is 128 Å². The predicted molar refractivity (Wildman–Crippen MR) is 447 cm³/mol. The van der Waals surface area contributed by atoms with E-state index in [0.29, 0.717) is 115 Å². The molecule has 21 rings (SSSR count). The summed E-state index contributed by atoms with van der Waals surface area (Å²) in [6.45, 7) is 7.28. The van der Waals surface area contributed by atoms with Crippen LogP contribution in [0.3, 0.4) is 0 Å². The molecule has 114 heavy (non-hydrogen) atoms. The van der Waals surface area contributed by atoms with Gasteiger partial charge in [-0.25, -0.2) is 29.0 Å². The topological polar surface area (TPSA) is 236 Å². The zero-order valence-corrected chi connectivity index (χ0v) is 64.2. The lowest BCUT2D eigenvalue weighted by molar-refractivity contribution is 0.0857. The van der Waals surface area contributed by atoms with Gasteiger partial charge in [0.2, 0.25) is 17.9 Å². The number of carbonyl (C=O) groups is 3. The molecule has 6 atom stereocenters. The number of aromatic nitrogens is 9. The fourth-order valence-electron chi connectivity index (χ4n) is 16.7. The Kier molecular flexibility index (Phi) is 17.1. The third-order valence-electron chi connectivity index (χ3n) is 22.4. The molecule has 9 aliphatic rings. The van der Waals surface area contributed by atoms with Crippen molar-refractivity contribution in [1.82, 2.24) is 59.0 Å². The second-order valence-electron chi connectivity index (χ2n) is 30.1. The minimum atomic E-state index is -1.34. The van der Waals surface area contributed by atoms with E-state index in [1.54, 1.807) is 40.5 Å². The second kappa shape index (κ2) is 29.4. The van der Waals surface area contributed by atoms with Crippen LogP contribution in [0.15, 0.2) is 233 Å². The van der Waals surface area contributed by atoms with Gasteiger partial charge in [0.1, 0.15) is 34.1 Å². The first-order valence-corrected chi connectivity index (χ1v) is 39.0. The smallest absolute Gasteiger partial charge is 0.267 e. The summed E-state index contributed by atoms with van der Waals surface area (Å²) in [7, 11) is 5.14. The van der Waals surface area contributed by atoms with Crippen molar-refractivity contribution in [2.24, 2.45) is 15.0 Å². The van der Waals surface area contributed by atoms with Crippen LogP contribution in [-0.4, -0.2) is 152 Å². The number of amides is 3. The van der Waals surface area contributed by atoms with Crippen molar-refractivity contribution >= 4 is 87.6 Å². The fraction of sp³-hybridized carbons (Fsp3) is 0.267. The lowest BCUT2D eigenvalue weighted by atomic mass is 10.1. The molecule has 0 radical (unpaired) electrons. The van der Waals surface area contributed by atoms with E-state index >= 15 is 0 Å². The number of nitrogens with zero attached hydrogens (tertiary/aromatic N) is 18. The highest BCUT2D eigenvalue weighted by Gasteiger charge is 2.53. The Morgan fingerprint density at radius 2 is 0.702 bits per heavy atom. The predicted octanol–water partition coefficient (Wildman–Crippen LogP) is 15.7. The van der Waals surface area contributed by atoms with Crippen LogP contribution in [0.2, 0.25) is 0 Å². The maximum Gasteiger partial charge on any atom is 0.267 e. The highest BCUT2D eigenvalue weighted by Crippen LogP contribution is 2.47. The van der Waals surface area contributed by atoms with Gasteiger partial charge >= 0.3 is 0 Å². The molecule has 3 aliphatic carbocycles. The molecule has 0 bridgehead atoms. The normalized spacial score (nSPS) is 22.8. The summed E-state index contributed by atoms with van der Waals surface area (Å²) in [5.74, 6) is 4.04. The van der Waals surface area contributed by atoms with E-state index in [2.05, 4.69) is 84.4 Å². The molecule has 24 nitrogen and oxygen atoms in total. The van der Waals surface area contributed by atoms with E-state index in [9.17, 15) is 17.1 Å². The molecule has 3 saturated carbocycles. The average molecular weight is 1510 g/mol. The summed E-state index contributed by atoms with van der Waals surface area (Å²) in [6.07, 6.45) is 6.63. The minimum Gasteiger partial charge on any atom is -0.340 e. The zero-order chi connectivity index (χ0) is 81.1. The van der Waals surface area contributed by atoms with Crippen molar-refractivity contribution in [3.63, 3.8) is 0 Å². The van der Waals surface area contributed by atoms with Crippen LogP contribution in [0.25, 0.3) is 33.8 Å².